The molecule has 105 heavy (non-hydrogen) atoms. The fraction of sp³-hybridized carbons (Fsp3) is 0.422. The van der Waals surface area contributed by atoms with Gasteiger partial charge >= 0.3 is 17.9 Å². The number of carbonyl (C=O) groups excluding carboxylic acids is 2. The number of ether oxygens (including phenoxy) is 7. The van der Waals surface area contributed by atoms with Crippen molar-refractivity contribution in [3.63, 3.8) is 0 Å². The number of aliphatic hydroxyl groups excluding tert-OH is 1. The Labute approximate surface area is 620 Å². The minimum absolute atomic E-state index is 0.0167. The third-order valence-corrected chi connectivity index (χ3v) is 18.3. The van der Waals surface area contributed by atoms with Gasteiger partial charge in [0.15, 0.2) is 0 Å². The molecule has 3 aliphatic carbocycles. The molecule has 0 saturated heterocycles. The first-order chi connectivity index (χ1) is 50.2. The van der Waals surface area contributed by atoms with Gasteiger partial charge in [-0.15, -0.1) is 0 Å². The minimum atomic E-state index is -0.931. The van der Waals surface area contributed by atoms with E-state index in [1.807, 2.05) is 97.9 Å². The maximum absolute atomic E-state index is 13.1. The summed E-state index contributed by atoms with van der Waals surface area (Å²) in [5.41, 5.74) is 9.85. The fourth-order valence-corrected chi connectivity index (χ4v) is 13.0. The van der Waals surface area contributed by atoms with Gasteiger partial charge in [-0.05, 0) is 246 Å². The van der Waals surface area contributed by atoms with E-state index in [-0.39, 0.29) is 72.6 Å². The van der Waals surface area contributed by atoms with Crippen LogP contribution in [0.15, 0.2) is 159 Å². The molecule has 3 fully saturated rings. The number of aromatic nitrogens is 3. The molecule has 0 bridgehead atoms. The standard InChI is InChI=1S/C29H34FNO5.C25H26FNO5.C16H18FNO3.C13H17BrO2/c1-19-7-5-8-21(26(19)28(32)36-29(2,3)4)16-33-24-9-6-10-25(15-24)34-17-23-18-35-27(31-23)20-11-13-22(30)14-12-20;1-16-4-2-5-18(23(16)25(28)29)13-30-21-6-3-7-22(12-21)31-14-20-15-32-24(27-20)17-8-10-19(26)11-9-17;17-12-6-4-11(5-7-12)16-18-13(10-21-16)9-20-15-3-1-2-14(19)8-15;1-9-6-5-7-10(8-14)11(9)12(15)16-13(2,3)4/h5,7-8,11-14,18,24-25H,6,9-10,15-17H2,1-4H3;2,4-5,8-11,15,21-22H,3,6-7,12-14H2,1H3,(H,28,29);4-7,10,14-15,19H,1-3,8-9H2;5-7H,8H2,1-4H3/t24-,25+;21-,22+;14-,15+;/m111./s1. The predicted molar refractivity (Wildman–Crippen MR) is 393 cm³/mol. The van der Waals surface area contributed by atoms with Crippen molar-refractivity contribution in [1.29, 1.82) is 0 Å². The molecule has 0 radical (unpaired) electrons. The second kappa shape index (κ2) is 38.6. The molecule has 0 spiro atoms. The number of nitrogens with zero attached hydrogens (tertiary/aromatic N) is 3. The number of carboxylic acids is 1. The van der Waals surface area contributed by atoms with Crippen molar-refractivity contribution in [3.8, 4) is 34.4 Å². The van der Waals surface area contributed by atoms with E-state index in [1.165, 1.54) is 36.4 Å². The molecular weight excluding hydrogens is 1420 g/mol. The Morgan fingerprint density at radius 2 is 0.743 bits per heavy atom. The van der Waals surface area contributed by atoms with Crippen LogP contribution in [-0.4, -0.2) is 90.9 Å². The van der Waals surface area contributed by atoms with Gasteiger partial charge in [0, 0.05) is 22.0 Å². The Hall–Kier alpha value is -8.61. The second-order valence-corrected chi connectivity index (χ2v) is 29.1. The Morgan fingerprint density at radius 1 is 0.438 bits per heavy atom. The first-order valence-corrected chi connectivity index (χ1v) is 36.7. The van der Waals surface area contributed by atoms with Crippen LogP contribution in [-0.2, 0) is 71.5 Å². The summed E-state index contributed by atoms with van der Waals surface area (Å²) in [5, 5.41) is 19.7. The van der Waals surface area contributed by atoms with Gasteiger partial charge in [0.2, 0.25) is 17.7 Å². The number of esters is 2. The summed E-state index contributed by atoms with van der Waals surface area (Å²) >= 11 is 3.38. The van der Waals surface area contributed by atoms with Crippen LogP contribution in [0.3, 0.4) is 0 Å². The average Bonchev–Trinajstić information content (AvgIpc) is 1.58. The lowest BCUT2D eigenvalue weighted by molar-refractivity contribution is -0.0565. The molecule has 6 atom stereocenters. The van der Waals surface area contributed by atoms with Gasteiger partial charge in [0.1, 0.15) is 64.5 Å². The van der Waals surface area contributed by atoms with E-state index < -0.39 is 17.2 Å². The van der Waals surface area contributed by atoms with Crippen molar-refractivity contribution in [2.45, 2.75) is 226 Å². The Morgan fingerprint density at radius 3 is 1.08 bits per heavy atom. The van der Waals surface area contributed by atoms with Gasteiger partial charge in [0.25, 0.3) is 0 Å². The number of hydrogen-bond donors (Lipinski definition) is 2. The van der Waals surface area contributed by atoms with Crippen molar-refractivity contribution < 1.29 is 84.2 Å². The lowest BCUT2D eigenvalue weighted by Gasteiger charge is -2.29. The highest BCUT2D eigenvalue weighted by Crippen LogP contribution is 2.32. The van der Waals surface area contributed by atoms with Gasteiger partial charge in [-0.3, -0.25) is 0 Å². The Kier molecular flexibility index (Phi) is 29.6. The number of benzene rings is 6. The number of rotatable bonds is 22. The predicted octanol–water partition coefficient (Wildman–Crippen LogP) is 19.5. The smallest absolute Gasteiger partial charge is 0.339 e. The number of aliphatic hydroxyl groups is 1. The molecule has 22 heteroatoms. The van der Waals surface area contributed by atoms with Gasteiger partial charge in [-0.2, -0.15) is 0 Å². The van der Waals surface area contributed by atoms with E-state index in [1.54, 1.807) is 74.2 Å². The van der Waals surface area contributed by atoms with Gasteiger partial charge in [-0.25, -0.2) is 42.5 Å². The summed E-state index contributed by atoms with van der Waals surface area (Å²) in [6, 6.07) is 35.0. The molecule has 12 rings (SSSR count). The molecule has 6 aromatic carbocycles. The first kappa shape index (κ1) is 80.5. The molecule has 0 unspecified atom stereocenters. The zero-order valence-corrected chi connectivity index (χ0v) is 62.7. The number of aryl methyl sites for hydroxylation is 3. The fourth-order valence-electron chi connectivity index (χ4n) is 12.5. The Balaban J connectivity index is 0.000000169. The SMILES string of the molecule is Cc1cccc(CBr)c1C(=O)OC(C)(C)C.Cc1cccc(CO[C@@H]2CCC[C@H](OCc3coc(-c4ccc(F)cc4)n3)C2)c1C(=O)O.Cc1cccc(CO[C@@H]2CCC[C@H](OCc3coc(-c4ccc(F)cc4)n3)C2)c1C(=O)OC(C)(C)C.O[C@@H]1CCC[C@H](OCc2coc(-c3ccc(F)cc3)n2)C1. The Bertz CT molecular complexity index is 4240. The molecule has 3 aromatic heterocycles. The van der Waals surface area contributed by atoms with Crippen LogP contribution in [0.25, 0.3) is 34.4 Å². The van der Waals surface area contributed by atoms with E-state index >= 15 is 0 Å². The zero-order chi connectivity index (χ0) is 75.2. The highest BCUT2D eigenvalue weighted by atomic mass is 79.9. The maximum atomic E-state index is 13.1. The number of hydrogen-bond acceptors (Lipinski definition) is 17. The van der Waals surface area contributed by atoms with Gasteiger partial charge < -0.3 is 56.6 Å². The second-order valence-electron chi connectivity index (χ2n) is 28.5. The number of carbonyl (C=O) groups is 3. The van der Waals surface area contributed by atoms with Crippen LogP contribution in [0.5, 0.6) is 0 Å². The summed E-state index contributed by atoms with van der Waals surface area (Å²) in [6.07, 6.45) is 15.4. The van der Waals surface area contributed by atoms with E-state index in [0.717, 1.165) is 110 Å². The van der Waals surface area contributed by atoms with E-state index in [0.29, 0.717) is 101 Å². The quantitative estimate of drug-likeness (QED) is 0.0474. The van der Waals surface area contributed by atoms with E-state index in [2.05, 4.69) is 30.9 Å². The molecule has 3 heterocycles. The monoisotopic (exact) mass is 1510 g/mol. The van der Waals surface area contributed by atoms with Crippen molar-refractivity contribution >= 4 is 33.8 Å². The molecule has 9 aromatic rings. The number of alkyl halides is 1. The molecular formula is C83H95BrF3N3O15. The first-order valence-electron chi connectivity index (χ1n) is 35.6. The third-order valence-electron chi connectivity index (χ3n) is 17.7. The molecule has 0 amide bonds. The number of halogens is 4. The van der Waals surface area contributed by atoms with Crippen LogP contribution in [0.2, 0.25) is 0 Å². The van der Waals surface area contributed by atoms with Crippen LogP contribution in [0.1, 0.15) is 200 Å². The van der Waals surface area contributed by atoms with Crippen LogP contribution in [0.4, 0.5) is 13.2 Å². The summed E-state index contributed by atoms with van der Waals surface area (Å²) < 4.78 is 96.8. The number of carboxylic acid groups (broad SMARTS) is 1. The zero-order valence-electron chi connectivity index (χ0n) is 61.1. The normalized spacial score (nSPS) is 18.1. The van der Waals surface area contributed by atoms with Crippen molar-refractivity contribution in [3.05, 3.63) is 231 Å². The summed E-state index contributed by atoms with van der Waals surface area (Å²) in [4.78, 5) is 49.6. The molecule has 3 aliphatic rings. The maximum Gasteiger partial charge on any atom is 0.339 e. The van der Waals surface area contributed by atoms with Crippen molar-refractivity contribution in [2.75, 3.05) is 0 Å². The number of aromatic carboxylic acids is 1. The average molecular weight is 1510 g/mol. The van der Waals surface area contributed by atoms with E-state index in [4.69, 9.17) is 46.4 Å². The summed E-state index contributed by atoms with van der Waals surface area (Å²) in [7, 11) is 0. The van der Waals surface area contributed by atoms with Gasteiger partial charge in [0.05, 0.1) is 86.3 Å². The van der Waals surface area contributed by atoms with Crippen molar-refractivity contribution in [1.82, 2.24) is 15.0 Å². The highest BCUT2D eigenvalue weighted by molar-refractivity contribution is 9.08. The van der Waals surface area contributed by atoms with Crippen LogP contribution >= 0.6 is 15.9 Å². The molecule has 560 valence electrons. The van der Waals surface area contributed by atoms with E-state index in [9.17, 15) is 37.8 Å². The highest BCUT2D eigenvalue weighted by Gasteiger charge is 2.29. The van der Waals surface area contributed by atoms with Gasteiger partial charge in [-0.1, -0.05) is 70.5 Å². The summed E-state index contributed by atoms with van der Waals surface area (Å²) in [5.74, 6) is -1.07. The van der Waals surface area contributed by atoms with Crippen molar-refractivity contribution in [2.24, 2.45) is 0 Å². The van der Waals surface area contributed by atoms with Crippen LogP contribution < -0.4 is 0 Å². The lowest BCUT2D eigenvalue weighted by atomic mass is 9.94. The molecule has 2 N–H and O–H groups in total. The topological polar surface area (TPSA) is 234 Å². The largest absolute Gasteiger partial charge is 0.478 e. The molecule has 3 saturated carbocycles. The lowest BCUT2D eigenvalue weighted by Crippen LogP contribution is -2.29. The number of oxazole rings is 3. The molecule has 0 aliphatic heterocycles. The van der Waals surface area contributed by atoms with Crippen LogP contribution in [0, 0.1) is 38.2 Å². The third kappa shape index (κ3) is 25.3. The minimum Gasteiger partial charge on any atom is -0.478 e. The molecule has 18 nitrogen and oxygen atoms in total. The summed E-state index contributed by atoms with van der Waals surface area (Å²) in [6.45, 7) is 18.5.